The standard InChI is InChI=1S/C13H13N3O5/c14-7-10-11(16(19)20)4-1-5-12(10)21-8-9-3-2-6-15(9)13(17)18/h1,4-5,9H,2-3,6,8H2,(H,17,18). The van der Waals surface area contributed by atoms with Crippen LogP contribution in [0.25, 0.3) is 0 Å². The molecule has 21 heavy (non-hydrogen) atoms. The zero-order valence-corrected chi connectivity index (χ0v) is 11.1. The lowest BCUT2D eigenvalue weighted by Gasteiger charge is -2.21. The number of amides is 1. The molecule has 1 fully saturated rings. The van der Waals surface area contributed by atoms with Crippen molar-refractivity contribution in [2.24, 2.45) is 0 Å². The van der Waals surface area contributed by atoms with E-state index >= 15 is 0 Å². The van der Waals surface area contributed by atoms with Crippen molar-refractivity contribution in [3.63, 3.8) is 0 Å². The first-order valence-electron chi connectivity index (χ1n) is 6.34. The Morgan fingerprint density at radius 3 is 3.00 bits per heavy atom. The Labute approximate surface area is 120 Å². The van der Waals surface area contributed by atoms with Gasteiger partial charge in [-0.25, -0.2) is 4.79 Å². The van der Waals surface area contributed by atoms with Gasteiger partial charge in [-0.2, -0.15) is 5.26 Å². The van der Waals surface area contributed by atoms with E-state index in [1.54, 1.807) is 6.07 Å². The predicted molar refractivity (Wildman–Crippen MR) is 71.1 cm³/mol. The summed E-state index contributed by atoms with van der Waals surface area (Å²) in [5.41, 5.74) is -0.473. The number of carbonyl (C=O) groups is 1. The average Bonchev–Trinajstić information content (AvgIpc) is 2.93. The monoisotopic (exact) mass is 291 g/mol. The van der Waals surface area contributed by atoms with Gasteiger partial charge in [0.1, 0.15) is 18.4 Å². The first kappa shape index (κ1) is 14.6. The van der Waals surface area contributed by atoms with Crippen molar-refractivity contribution >= 4 is 11.8 Å². The molecule has 0 aliphatic carbocycles. The molecule has 1 aromatic carbocycles. The molecule has 1 heterocycles. The molecule has 1 amide bonds. The van der Waals surface area contributed by atoms with Crippen LogP contribution in [0, 0.1) is 21.4 Å². The fourth-order valence-corrected chi connectivity index (χ4v) is 2.35. The van der Waals surface area contributed by atoms with Crippen LogP contribution in [0.5, 0.6) is 5.75 Å². The Morgan fingerprint density at radius 2 is 2.38 bits per heavy atom. The second-order valence-electron chi connectivity index (χ2n) is 4.60. The summed E-state index contributed by atoms with van der Waals surface area (Å²) in [5, 5.41) is 28.9. The van der Waals surface area contributed by atoms with Crippen LogP contribution in [0.4, 0.5) is 10.5 Å². The van der Waals surface area contributed by atoms with Crippen molar-refractivity contribution in [3.8, 4) is 11.8 Å². The molecule has 1 aliphatic rings. The molecule has 110 valence electrons. The highest BCUT2D eigenvalue weighted by Gasteiger charge is 2.29. The van der Waals surface area contributed by atoms with Crippen molar-refractivity contribution in [2.45, 2.75) is 18.9 Å². The topological polar surface area (TPSA) is 117 Å². The van der Waals surface area contributed by atoms with E-state index in [1.165, 1.54) is 23.1 Å². The molecule has 1 saturated heterocycles. The maximum Gasteiger partial charge on any atom is 0.407 e. The lowest BCUT2D eigenvalue weighted by molar-refractivity contribution is -0.385. The van der Waals surface area contributed by atoms with Crippen LogP contribution in [0.1, 0.15) is 18.4 Å². The second kappa shape index (κ2) is 6.09. The van der Waals surface area contributed by atoms with E-state index in [0.29, 0.717) is 13.0 Å². The fraction of sp³-hybridized carbons (Fsp3) is 0.385. The number of carboxylic acid groups (broad SMARTS) is 1. The van der Waals surface area contributed by atoms with E-state index in [4.69, 9.17) is 15.1 Å². The normalized spacial score (nSPS) is 17.3. The van der Waals surface area contributed by atoms with Gasteiger partial charge in [-0.05, 0) is 18.9 Å². The first-order valence-corrected chi connectivity index (χ1v) is 6.34. The number of nitro benzene ring substituents is 1. The lowest BCUT2D eigenvalue weighted by Crippen LogP contribution is -2.38. The summed E-state index contributed by atoms with van der Waals surface area (Å²) in [6.45, 7) is 0.519. The number of rotatable bonds is 4. The molecule has 1 aromatic rings. The summed E-state index contributed by atoms with van der Waals surface area (Å²) in [7, 11) is 0. The van der Waals surface area contributed by atoms with Gasteiger partial charge in [-0.15, -0.1) is 0 Å². The molecule has 8 nitrogen and oxygen atoms in total. The second-order valence-corrected chi connectivity index (χ2v) is 4.60. The molecule has 0 bridgehead atoms. The molecule has 1 unspecified atom stereocenters. The van der Waals surface area contributed by atoms with E-state index in [1.807, 2.05) is 0 Å². The number of hydrogen-bond acceptors (Lipinski definition) is 5. The third-order valence-corrected chi connectivity index (χ3v) is 3.37. The molecule has 2 rings (SSSR count). The van der Waals surface area contributed by atoms with Crippen molar-refractivity contribution < 1.29 is 19.6 Å². The number of nitro groups is 1. The number of nitriles is 1. The third kappa shape index (κ3) is 3.02. The minimum absolute atomic E-state index is 0.0716. The zero-order chi connectivity index (χ0) is 15.4. The van der Waals surface area contributed by atoms with Crippen LogP contribution in [-0.2, 0) is 0 Å². The highest BCUT2D eigenvalue weighted by atomic mass is 16.6. The number of hydrogen-bond donors (Lipinski definition) is 1. The smallest absolute Gasteiger partial charge is 0.407 e. The highest BCUT2D eigenvalue weighted by molar-refractivity contribution is 5.65. The molecule has 0 saturated carbocycles. The van der Waals surface area contributed by atoms with E-state index in [-0.39, 0.29) is 29.6 Å². The maximum atomic E-state index is 11.0. The SMILES string of the molecule is N#Cc1c(OCC2CCCN2C(=O)O)cccc1[N+](=O)[O-]. The Morgan fingerprint density at radius 1 is 1.62 bits per heavy atom. The van der Waals surface area contributed by atoms with Gasteiger partial charge in [0.25, 0.3) is 5.69 Å². The first-order chi connectivity index (χ1) is 10.0. The molecule has 1 aliphatic heterocycles. The fourth-order valence-electron chi connectivity index (χ4n) is 2.35. The summed E-state index contributed by atoms with van der Waals surface area (Å²) < 4.78 is 5.45. The van der Waals surface area contributed by atoms with E-state index < -0.39 is 11.0 Å². The molecule has 0 spiro atoms. The lowest BCUT2D eigenvalue weighted by atomic mass is 10.1. The van der Waals surface area contributed by atoms with Crippen LogP contribution in [0.2, 0.25) is 0 Å². The van der Waals surface area contributed by atoms with Crippen molar-refractivity contribution in [1.29, 1.82) is 5.26 Å². The van der Waals surface area contributed by atoms with Crippen LogP contribution in [0.3, 0.4) is 0 Å². The average molecular weight is 291 g/mol. The Kier molecular flexibility index (Phi) is 4.23. The summed E-state index contributed by atoms with van der Waals surface area (Å²) in [4.78, 5) is 22.5. The molecule has 0 radical (unpaired) electrons. The number of likely N-dealkylation sites (tertiary alicyclic amines) is 1. The minimum atomic E-state index is -1.01. The van der Waals surface area contributed by atoms with Gasteiger partial charge in [0.2, 0.25) is 0 Å². The summed E-state index contributed by atoms with van der Waals surface area (Å²) in [5.74, 6) is 0.101. The van der Waals surface area contributed by atoms with Gasteiger partial charge < -0.3 is 14.7 Å². The number of ether oxygens (including phenoxy) is 1. The molecule has 1 N–H and O–H groups in total. The van der Waals surface area contributed by atoms with Crippen LogP contribution < -0.4 is 4.74 Å². The molecular weight excluding hydrogens is 278 g/mol. The van der Waals surface area contributed by atoms with Crippen molar-refractivity contribution in [3.05, 3.63) is 33.9 Å². The summed E-state index contributed by atoms with van der Waals surface area (Å²) >= 11 is 0. The minimum Gasteiger partial charge on any atom is -0.490 e. The third-order valence-electron chi connectivity index (χ3n) is 3.37. The van der Waals surface area contributed by atoms with Gasteiger partial charge in [0, 0.05) is 12.6 Å². The van der Waals surface area contributed by atoms with E-state index in [9.17, 15) is 14.9 Å². The van der Waals surface area contributed by atoms with Gasteiger partial charge in [-0.1, -0.05) is 6.07 Å². The Bertz CT molecular complexity index is 610. The maximum absolute atomic E-state index is 11.0. The summed E-state index contributed by atoms with van der Waals surface area (Å²) in [6, 6.07) is 5.58. The van der Waals surface area contributed by atoms with Gasteiger partial charge in [-0.3, -0.25) is 10.1 Å². The van der Waals surface area contributed by atoms with Gasteiger partial charge >= 0.3 is 6.09 Å². The Balaban J connectivity index is 2.14. The van der Waals surface area contributed by atoms with E-state index in [2.05, 4.69) is 0 Å². The molecule has 1 atom stereocenters. The van der Waals surface area contributed by atoms with Crippen LogP contribution in [-0.4, -0.2) is 40.2 Å². The quantitative estimate of drug-likeness (QED) is 0.669. The largest absolute Gasteiger partial charge is 0.490 e. The predicted octanol–water partition coefficient (Wildman–Crippen LogP) is 1.99. The zero-order valence-electron chi connectivity index (χ0n) is 11.1. The summed E-state index contributed by atoms with van der Waals surface area (Å²) in [6.07, 6.45) is 0.407. The number of benzene rings is 1. The van der Waals surface area contributed by atoms with Crippen molar-refractivity contribution in [1.82, 2.24) is 4.90 Å². The Hall–Kier alpha value is -2.82. The van der Waals surface area contributed by atoms with Gasteiger partial charge in [0.05, 0.1) is 11.0 Å². The molecular formula is C13H13N3O5. The highest BCUT2D eigenvalue weighted by Crippen LogP contribution is 2.28. The van der Waals surface area contributed by atoms with Crippen molar-refractivity contribution in [2.75, 3.05) is 13.2 Å². The van der Waals surface area contributed by atoms with Crippen LogP contribution >= 0.6 is 0 Å². The van der Waals surface area contributed by atoms with Gasteiger partial charge in [0.15, 0.2) is 5.56 Å². The van der Waals surface area contributed by atoms with Crippen LogP contribution in [0.15, 0.2) is 18.2 Å². The number of nitrogens with zero attached hydrogens (tertiary/aromatic N) is 3. The molecule has 0 aromatic heterocycles. The van der Waals surface area contributed by atoms with E-state index in [0.717, 1.165) is 6.42 Å². The molecule has 8 heteroatoms.